The summed E-state index contributed by atoms with van der Waals surface area (Å²) in [5.74, 6) is -0.587. The first-order chi connectivity index (χ1) is 9.76. The van der Waals surface area contributed by atoms with Crippen LogP contribution in [0, 0.1) is 11.3 Å². The molecule has 0 fully saturated rings. The first-order valence-electron chi connectivity index (χ1n) is 6.29. The summed E-state index contributed by atoms with van der Waals surface area (Å²) >= 11 is 5.74. The highest BCUT2D eigenvalue weighted by atomic mass is 35.5. The molecule has 0 aliphatic heterocycles. The van der Waals surface area contributed by atoms with Gasteiger partial charge < -0.3 is 5.11 Å². The Morgan fingerprint density at radius 1 is 1.20 bits per heavy atom. The summed E-state index contributed by atoms with van der Waals surface area (Å²) in [5.41, 5.74) is 1.57. The van der Waals surface area contributed by atoms with Gasteiger partial charge in [-0.25, -0.2) is 4.98 Å². The molecule has 2 rings (SSSR count). The molecule has 102 valence electrons. The minimum atomic E-state index is -0.376. The molecule has 0 spiro atoms. The smallest absolute Gasteiger partial charge is 0.147 e. The van der Waals surface area contributed by atoms with Crippen molar-refractivity contribution in [1.82, 2.24) is 9.97 Å². The molecule has 20 heavy (non-hydrogen) atoms. The van der Waals surface area contributed by atoms with E-state index in [1.54, 1.807) is 6.20 Å². The number of aliphatic hydroxyl groups excluding tert-OH is 1. The van der Waals surface area contributed by atoms with Gasteiger partial charge in [-0.15, -0.1) is 0 Å². The van der Waals surface area contributed by atoms with Crippen LogP contribution in [0.3, 0.4) is 0 Å². The van der Waals surface area contributed by atoms with Gasteiger partial charge >= 0.3 is 0 Å². The Labute approximate surface area is 122 Å². The van der Waals surface area contributed by atoms with Crippen LogP contribution in [0.15, 0.2) is 42.7 Å². The number of hydrogen-bond acceptors (Lipinski definition) is 4. The van der Waals surface area contributed by atoms with Crippen molar-refractivity contribution in [2.75, 3.05) is 6.61 Å². The molecule has 0 bridgehead atoms. The summed E-state index contributed by atoms with van der Waals surface area (Å²) in [7, 11) is 0. The molecule has 4 nitrogen and oxygen atoms in total. The molecule has 5 heteroatoms. The Kier molecular flexibility index (Phi) is 5.05. The van der Waals surface area contributed by atoms with Crippen molar-refractivity contribution in [3.8, 4) is 6.07 Å². The van der Waals surface area contributed by atoms with Crippen molar-refractivity contribution >= 4 is 11.6 Å². The number of hydrogen-bond donors (Lipinski definition) is 1. The Balaban J connectivity index is 2.36. The van der Waals surface area contributed by atoms with Gasteiger partial charge in [-0.05, 0) is 12.0 Å². The SMILES string of the molecule is N#C[C@@H](c1ccccc1)[C@@H](CCO)c1cnc(Cl)cn1. The lowest BCUT2D eigenvalue weighted by molar-refractivity contribution is 0.271. The fraction of sp³-hybridized carbons (Fsp3) is 0.267. The van der Waals surface area contributed by atoms with Crippen LogP contribution in [-0.4, -0.2) is 21.7 Å². The maximum atomic E-state index is 9.49. The molecule has 2 aromatic rings. The number of nitriles is 1. The number of halogens is 1. The second-order valence-electron chi connectivity index (χ2n) is 4.40. The molecule has 0 aliphatic carbocycles. The second-order valence-corrected chi connectivity index (χ2v) is 4.79. The van der Waals surface area contributed by atoms with Crippen molar-refractivity contribution in [3.05, 3.63) is 59.1 Å². The van der Waals surface area contributed by atoms with E-state index in [2.05, 4.69) is 16.0 Å². The molecule has 0 saturated heterocycles. The summed E-state index contributed by atoms with van der Waals surface area (Å²) in [4.78, 5) is 8.24. The van der Waals surface area contributed by atoms with E-state index in [4.69, 9.17) is 11.6 Å². The highest BCUT2D eigenvalue weighted by molar-refractivity contribution is 6.29. The van der Waals surface area contributed by atoms with Crippen molar-refractivity contribution in [2.24, 2.45) is 0 Å². The molecule has 0 unspecified atom stereocenters. The lowest BCUT2D eigenvalue weighted by Crippen LogP contribution is -2.13. The standard InChI is InChI=1S/C15H14ClN3O/c16-15-10-18-14(9-19-15)12(6-7-20)13(8-17)11-4-2-1-3-5-11/h1-5,9-10,12-13,20H,6-7H2/t12-,13+/m1/s1. The number of nitrogens with zero attached hydrogens (tertiary/aromatic N) is 3. The summed E-state index contributed by atoms with van der Waals surface area (Å²) < 4.78 is 0. The maximum Gasteiger partial charge on any atom is 0.147 e. The van der Waals surface area contributed by atoms with Crippen LogP contribution >= 0.6 is 11.6 Å². The van der Waals surface area contributed by atoms with E-state index in [0.717, 1.165) is 5.56 Å². The van der Waals surface area contributed by atoms with Gasteiger partial charge in [0.2, 0.25) is 0 Å². The van der Waals surface area contributed by atoms with Crippen LogP contribution < -0.4 is 0 Å². The summed E-state index contributed by atoms with van der Waals surface area (Å²) in [5, 5.41) is 19.1. The largest absolute Gasteiger partial charge is 0.396 e. The zero-order valence-electron chi connectivity index (χ0n) is 10.8. The van der Waals surface area contributed by atoms with Crippen LogP contribution in [0.2, 0.25) is 5.15 Å². The van der Waals surface area contributed by atoms with Gasteiger partial charge in [0.25, 0.3) is 0 Å². The van der Waals surface area contributed by atoms with Crippen molar-refractivity contribution in [3.63, 3.8) is 0 Å². The minimum Gasteiger partial charge on any atom is -0.396 e. The Morgan fingerprint density at radius 2 is 1.95 bits per heavy atom. The molecule has 1 aromatic heterocycles. The van der Waals surface area contributed by atoms with E-state index in [1.807, 2.05) is 30.3 Å². The van der Waals surface area contributed by atoms with Gasteiger partial charge in [-0.1, -0.05) is 41.9 Å². The number of aliphatic hydroxyl groups is 1. The predicted molar refractivity (Wildman–Crippen MR) is 76.3 cm³/mol. The normalized spacial score (nSPS) is 13.4. The number of aromatic nitrogens is 2. The fourth-order valence-electron chi connectivity index (χ4n) is 2.20. The van der Waals surface area contributed by atoms with Crippen LogP contribution in [0.5, 0.6) is 0 Å². The zero-order valence-corrected chi connectivity index (χ0v) is 11.5. The van der Waals surface area contributed by atoms with Gasteiger partial charge in [0.05, 0.1) is 30.1 Å². The molecule has 0 aliphatic rings. The third-order valence-corrected chi connectivity index (χ3v) is 3.36. The Bertz CT molecular complexity index is 580. The first-order valence-corrected chi connectivity index (χ1v) is 6.67. The van der Waals surface area contributed by atoms with Gasteiger partial charge in [-0.3, -0.25) is 4.98 Å². The Morgan fingerprint density at radius 3 is 2.50 bits per heavy atom. The first kappa shape index (κ1) is 14.4. The van der Waals surface area contributed by atoms with Crippen molar-refractivity contribution < 1.29 is 5.11 Å². The highest BCUT2D eigenvalue weighted by Gasteiger charge is 2.25. The van der Waals surface area contributed by atoms with E-state index in [-0.39, 0.29) is 18.4 Å². The van der Waals surface area contributed by atoms with Crippen LogP contribution in [0.25, 0.3) is 0 Å². The molecule has 0 saturated carbocycles. The molecule has 2 atom stereocenters. The molecular formula is C15H14ClN3O. The Hall–Kier alpha value is -1.96. The predicted octanol–water partition coefficient (Wildman–Crippen LogP) is 2.90. The lowest BCUT2D eigenvalue weighted by Gasteiger charge is -2.20. The third-order valence-electron chi connectivity index (χ3n) is 3.16. The third kappa shape index (κ3) is 3.32. The fourth-order valence-corrected chi connectivity index (χ4v) is 2.29. The van der Waals surface area contributed by atoms with Gasteiger partial charge in [0.15, 0.2) is 0 Å². The zero-order chi connectivity index (χ0) is 14.4. The van der Waals surface area contributed by atoms with Gasteiger partial charge in [-0.2, -0.15) is 5.26 Å². The summed E-state index contributed by atoms with van der Waals surface area (Å²) in [6.07, 6.45) is 3.47. The van der Waals surface area contributed by atoms with E-state index >= 15 is 0 Å². The van der Waals surface area contributed by atoms with Crippen molar-refractivity contribution in [1.29, 1.82) is 5.26 Å². The molecule has 1 heterocycles. The monoisotopic (exact) mass is 287 g/mol. The topological polar surface area (TPSA) is 69.8 Å². The molecule has 1 aromatic carbocycles. The molecular weight excluding hydrogens is 274 g/mol. The van der Waals surface area contributed by atoms with Crippen LogP contribution in [0.1, 0.15) is 29.5 Å². The molecule has 0 radical (unpaired) electrons. The van der Waals surface area contributed by atoms with Crippen molar-refractivity contribution in [2.45, 2.75) is 18.3 Å². The van der Waals surface area contributed by atoms with E-state index in [9.17, 15) is 10.4 Å². The van der Waals surface area contributed by atoms with Gasteiger partial charge in [0.1, 0.15) is 5.15 Å². The van der Waals surface area contributed by atoms with Crippen LogP contribution in [0.4, 0.5) is 0 Å². The molecule has 0 amide bonds. The average molecular weight is 288 g/mol. The summed E-state index contributed by atoms with van der Waals surface area (Å²) in [6, 6.07) is 11.8. The van der Waals surface area contributed by atoms with Crippen LogP contribution in [-0.2, 0) is 0 Å². The highest BCUT2D eigenvalue weighted by Crippen LogP contribution is 2.33. The lowest BCUT2D eigenvalue weighted by atomic mass is 9.83. The second kappa shape index (κ2) is 6.99. The maximum absolute atomic E-state index is 9.49. The molecule has 1 N–H and O–H groups in total. The van der Waals surface area contributed by atoms with E-state index in [0.29, 0.717) is 17.3 Å². The number of benzene rings is 1. The summed E-state index contributed by atoms with van der Waals surface area (Å²) in [6.45, 7) is -0.0139. The minimum absolute atomic E-state index is 0.0139. The quantitative estimate of drug-likeness (QED) is 0.918. The van der Waals surface area contributed by atoms with E-state index in [1.165, 1.54) is 6.20 Å². The number of rotatable bonds is 5. The van der Waals surface area contributed by atoms with Gasteiger partial charge in [0, 0.05) is 12.5 Å². The van der Waals surface area contributed by atoms with E-state index < -0.39 is 0 Å². The average Bonchev–Trinajstić information content (AvgIpc) is 2.49.